The smallest absolute Gasteiger partial charge is 0.203 e. The number of nitrogens with zero attached hydrogens (tertiary/aromatic N) is 1. The van der Waals surface area contributed by atoms with Gasteiger partial charge in [0, 0.05) is 24.8 Å². The van der Waals surface area contributed by atoms with Crippen LogP contribution in [0.1, 0.15) is 28.4 Å². The maximum Gasteiger partial charge on any atom is 0.203 e. The molecule has 0 amide bonds. The fraction of sp³-hybridized carbons (Fsp3) is 0.318. The summed E-state index contributed by atoms with van der Waals surface area (Å²) >= 11 is 0. The van der Waals surface area contributed by atoms with E-state index in [4.69, 9.17) is 14.2 Å². The second-order valence-corrected chi connectivity index (χ2v) is 6.63. The molecule has 0 bridgehead atoms. The van der Waals surface area contributed by atoms with E-state index < -0.39 is 0 Å². The lowest BCUT2D eigenvalue weighted by Crippen LogP contribution is -2.12. The Kier molecular flexibility index (Phi) is 5.40. The third kappa shape index (κ3) is 3.63. The first kappa shape index (κ1) is 18.8. The first-order valence-electron chi connectivity index (χ1n) is 8.85. The van der Waals surface area contributed by atoms with Crippen LogP contribution in [0.15, 0.2) is 35.9 Å². The van der Waals surface area contributed by atoms with Gasteiger partial charge in [0.05, 0.1) is 21.3 Å². The quantitative estimate of drug-likeness (QED) is 0.571. The molecule has 0 saturated carbocycles. The van der Waals surface area contributed by atoms with Gasteiger partial charge in [-0.05, 0) is 60.4 Å². The molecule has 1 aliphatic rings. The number of carbonyl (C=O) groups is 1. The Labute approximate surface area is 160 Å². The number of fused-ring (bicyclic) bond motifs is 1. The van der Waals surface area contributed by atoms with Crippen molar-refractivity contribution in [2.45, 2.75) is 13.3 Å². The van der Waals surface area contributed by atoms with Crippen molar-refractivity contribution in [3.63, 3.8) is 0 Å². The highest BCUT2D eigenvalue weighted by atomic mass is 16.5. The van der Waals surface area contributed by atoms with Gasteiger partial charge in [-0.15, -0.1) is 0 Å². The van der Waals surface area contributed by atoms with E-state index in [1.165, 1.54) is 32.6 Å². The normalized spacial score (nSPS) is 13.4. The fourth-order valence-corrected chi connectivity index (χ4v) is 3.43. The van der Waals surface area contributed by atoms with Crippen molar-refractivity contribution in [1.29, 1.82) is 0 Å². The number of hydrogen-bond acceptors (Lipinski definition) is 5. The second-order valence-electron chi connectivity index (χ2n) is 6.63. The molecule has 5 heteroatoms. The molecular formula is C22H25NO4. The third-order valence-electron chi connectivity index (χ3n) is 4.90. The average molecular weight is 367 g/mol. The number of ether oxygens (including phenoxy) is 3. The molecule has 3 rings (SSSR count). The average Bonchev–Trinajstić information content (AvgIpc) is 3.06. The van der Waals surface area contributed by atoms with Crippen LogP contribution >= 0.6 is 0 Å². The van der Waals surface area contributed by atoms with Crippen LogP contribution in [-0.4, -0.2) is 40.7 Å². The van der Waals surface area contributed by atoms with Crippen LogP contribution in [-0.2, 0) is 6.42 Å². The van der Waals surface area contributed by atoms with E-state index in [2.05, 4.69) is 24.1 Å². The standard InChI is InChI=1S/C22H25NO4/c1-14(10-15-6-7-18-16(11-15)8-9-23(18)2)21(24)17-12-19(25-3)22(27-5)20(13-17)26-4/h6-7,10-13H,8-9H2,1-5H3/b14-10+. The van der Waals surface area contributed by atoms with Crippen molar-refractivity contribution < 1.29 is 19.0 Å². The number of carbonyl (C=O) groups excluding carboxylic acids is 1. The number of hydrogen-bond donors (Lipinski definition) is 0. The van der Waals surface area contributed by atoms with Crippen LogP contribution in [0.3, 0.4) is 0 Å². The summed E-state index contributed by atoms with van der Waals surface area (Å²) in [6.07, 6.45) is 2.96. The topological polar surface area (TPSA) is 48.0 Å². The first-order chi connectivity index (χ1) is 13.0. The largest absolute Gasteiger partial charge is 0.493 e. The van der Waals surface area contributed by atoms with Gasteiger partial charge in [0.25, 0.3) is 0 Å². The SMILES string of the molecule is COc1cc(C(=O)/C(C)=C/c2ccc3c(c2)CCN3C)cc(OC)c1OC. The van der Waals surface area contributed by atoms with E-state index in [9.17, 15) is 4.79 Å². The fourth-order valence-electron chi connectivity index (χ4n) is 3.43. The van der Waals surface area contributed by atoms with Crippen LogP contribution in [0.5, 0.6) is 17.2 Å². The lowest BCUT2D eigenvalue weighted by molar-refractivity contribution is 0.103. The van der Waals surface area contributed by atoms with Crippen LogP contribution < -0.4 is 19.1 Å². The van der Waals surface area contributed by atoms with Crippen molar-refractivity contribution in [1.82, 2.24) is 0 Å². The zero-order chi connectivity index (χ0) is 19.6. The predicted octanol–water partition coefficient (Wildman–Crippen LogP) is 3.99. The molecule has 0 spiro atoms. The van der Waals surface area contributed by atoms with E-state index in [0.717, 1.165) is 18.5 Å². The maximum atomic E-state index is 12.9. The van der Waals surface area contributed by atoms with Gasteiger partial charge < -0.3 is 19.1 Å². The number of anilines is 1. The van der Waals surface area contributed by atoms with E-state index in [1.54, 1.807) is 12.1 Å². The van der Waals surface area contributed by atoms with E-state index >= 15 is 0 Å². The third-order valence-corrected chi connectivity index (χ3v) is 4.90. The van der Waals surface area contributed by atoms with Crippen molar-refractivity contribution in [3.8, 4) is 17.2 Å². The van der Waals surface area contributed by atoms with Crippen molar-refractivity contribution >= 4 is 17.5 Å². The zero-order valence-corrected chi connectivity index (χ0v) is 16.5. The van der Waals surface area contributed by atoms with Gasteiger partial charge in [0.1, 0.15) is 0 Å². The lowest BCUT2D eigenvalue weighted by Gasteiger charge is -2.14. The number of methoxy groups -OCH3 is 3. The molecule has 1 aliphatic heterocycles. The molecule has 0 atom stereocenters. The van der Waals surface area contributed by atoms with Crippen LogP contribution in [0.4, 0.5) is 5.69 Å². The Bertz CT molecular complexity index is 876. The minimum absolute atomic E-state index is 0.0770. The van der Waals surface area contributed by atoms with Crippen molar-refractivity contribution in [2.24, 2.45) is 0 Å². The minimum atomic E-state index is -0.0770. The molecule has 0 unspecified atom stereocenters. The number of likely N-dealkylation sites (N-methyl/N-ethyl adjacent to an activating group) is 1. The summed E-state index contributed by atoms with van der Waals surface area (Å²) in [6, 6.07) is 9.68. The molecular weight excluding hydrogens is 342 g/mol. The van der Waals surface area contributed by atoms with Gasteiger partial charge in [-0.2, -0.15) is 0 Å². The van der Waals surface area contributed by atoms with Crippen LogP contribution in [0.2, 0.25) is 0 Å². The molecule has 0 aromatic heterocycles. The Morgan fingerprint density at radius 3 is 2.30 bits per heavy atom. The van der Waals surface area contributed by atoms with Gasteiger partial charge in [-0.25, -0.2) is 0 Å². The molecule has 142 valence electrons. The van der Waals surface area contributed by atoms with E-state index in [1.807, 2.05) is 19.1 Å². The van der Waals surface area contributed by atoms with Crippen LogP contribution in [0, 0.1) is 0 Å². The van der Waals surface area contributed by atoms with Gasteiger partial charge >= 0.3 is 0 Å². The lowest BCUT2D eigenvalue weighted by atomic mass is 10.00. The number of Topliss-reactive ketones (excluding diaryl/α,β-unsaturated/α-hetero) is 1. The molecule has 0 radical (unpaired) electrons. The Balaban J connectivity index is 1.92. The second kappa shape index (κ2) is 7.74. The zero-order valence-electron chi connectivity index (χ0n) is 16.5. The number of benzene rings is 2. The summed E-state index contributed by atoms with van der Waals surface area (Å²) < 4.78 is 16.0. The van der Waals surface area contributed by atoms with E-state index in [0.29, 0.717) is 28.4 Å². The summed E-state index contributed by atoms with van der Waals surface area (Å²) in [5.41, 5.74) is 4.76. The Morgan fingerprint density at radius 2 is 1.70 bits per heavy atom. The highest BCUT2D eigenvalue weighted by Gasteiger charge is 2.19. The van der Waals surface area contributed by atoms with Gasteiger partial charge in [-0.3, -0.25) is 4.79 Å². The molecule has 2 aromatic rings. The van der Waals surface area contributed by atoms with Crippen LogP contribution in [0.25, 0.3) is 6.08 Å². The summed E-state index contributed by atoms with van der Waals surface area (Å²) in [4.78, 5) is 15.2. The van der Waals surface area contributed by atoms with E-state index in [-0.39, 0.29) is 5.78 Å². The number of allylic oxidation sites excluding steroid dienone is 1. The summed E-state index contributed by atoms with van der Waals surface area (Å²) in [5.74, 6) is 1.33. The molecule has 0 N–H and O–H groups in total. The van der Waals surface area contributed by atoms with Gasteiger partial charge in [0.2, 0.25) is 5.75 Å². The molecule has 27 heavy (non-hydrogen) atoms. The predicted molar refractivity (Wildman–Crippen MR) is 107 cm³/mol. The van der Waals surface area contributed by atoms with Gasteiger partial charge in [-0.1, -0.05) is 6.07 Å². The summed E-state index contributed by atoms with van der Waals surface area (Å²) in [7, 11) is 6.71. The monoisotopic (exact) mass is 367 g/mol. The summed E-state index contributed by atoms with van der Waals surface area (Å²) in [6.45, 7) is 2.86. The number of rotatable bonds is 6. The first-order valence-corrected chi connectivity index (χ1v) is 8.85. The highest BCUT2D eigenvalue weighted by molar-refractivity contribution is 6.11. The summed E-state index contributed by atoms with van der Waals surface area (Å²) in [5, 5.41) is 0. The number of ketones is 1. The molecule has 0 saturated heterocycles. The molecule has 2 aromatic carbocycles. The minimum Gasteiger partial charge on any atom is -0.493 e. The van der Waals surface area contributed by atoms with Crippen molar-refractivity contribution in [2.75, 3.05) is 39.8 Å². The molecule has 0 fully saturated rings. The highest BCUT2D eigenvalue weighted by Crippen LogP contribution is 2.38. The van der Waals surface area contributed by atoms with Gasteiger partial charge in [0.15, 0.2) is 17.3 Å². The maximum absolute atomic E-state index is 12.9. The Morgan fingerprint density at radius 1 is 1.04 bits per heavy atom. The molecule has 1 heterocycles. The molecule has 0 aliphatic carbocycles. The molecule has 5 nitrogen and oxygen atoms in total. The van der Waals surface area contributed by atoms with Crippen molar-refractivity contribution in [3.05, 3.63) is 52.6 Å². The Hall–Kier alpha value is -2.95.